The fourth-order valence-corrected chi connectivity index (χ4v) is 3.87. The number of anilines is 1. The van der Waals surface area contributed by atoms with Crippen molar-refractivity contribution in [3.63, 3.8) is 0 Å². The lowest BCUT2D eigenvalue weighted by Crippen LogP contribution is -2.27. The monoisotopic (exact) mass is 431 g/mol. The van der Waals surface area contributed by atoms with Crippen LogP contribution in [-0.4, -0.2) is 30.5 Å². The quantitative estimate of drug-likeness (QED) is 0.443. The molecule has 7 heteroatoms. The molecule has 1 heterocycles. The van der Waals surface area contributed by atoms with Gasteiger partial charge in [0.05, 0.1) is 12.8 Å². The third-order valence-electron chi connectivity index (χ3n) is 4.79. The molecule has 0 spiro atoms. The minimum Gasteiger partial charge on any atom is -0.497 e. The van der Waals surface area contributed by atoms with Gasteiger partial charge in [0.15, 0.2) is 5.13 Å². The van der Waals surface area contributed by atoms with Crippen LogP contribution >= 0.6 is 11.3 Å². The number of hydrogen-bond acceptors (Lipinski definition) is 5. The number of carbonyl (C=O) groups is 2. The van der Waals surface area contributed by atoms with Crippen molar-refractivity contribution in [1.82, 2.24) is 10.3 Å². The third-order valence-corrected chi connectivity index (χ3v) is 5.54. The highest BCUT2D eigenvalue weighted by Crippen LogP contribution is 2.26. The van der Waals surface area contributed by atoms with E-state index in [4.69, 9.17) is 4.74 Å². The SMILES string of the molecule is COc1ccc(-c2csc(NC(=O)CCNC(=O)c3ccc4ccccc4c3)n2)cc1. The van der Waals surface area contributed by atoms with Crippen molar-refractivity contribution in [2.24, 2.45) is 0 Å². The van der Waals surface area contributed by atoms with Crippen molar-refractivity contribution in [2.45, 2.75) is 6.42 Å². The van der Waals surface area contributed by atoms with Crippen LogP contribution in [0.2, 0.25) is 0 Å². The molecule has 2 amide bonds. The minimum atomic E-state index is -0.200. The normalized spacial score (nSPS) is 10.6. The van der Waals surface area contributed by atoms with Crippen LogP contribution in [0.3, 0.4) is 0 Å². The van der Waals surface area contributed by atoms with Gasteiger partial charge in [0.2, 0.25) is 5.91 Å². The van der Waals surface area contributed by atoms with Crippen LogP contribution in [0, 0.1) is 0 Å². The smallest absolute Gasteiger partial charge is 0.251 e. The Morgan fingerprint density at radius 3 is 2.55 bits per heavy atom. The molecule has 0 atom stereocenters. The summed E-state index contributed by atoms with van der Waals surface area (Å²) in [7, 11) is 1.62. The number of ether oxygens (including phenoxy) is 1. The number of amides is 2. The van der Waals surface area contributed by atoms with Crippen LogP contribution in [0.1, 0.15) is 16.8 Å². The van der Waals surface area contributed by atoms with Crippen LogP contribution < -0.4 is 15.4 Å². The molecule has 6 nitrogen and oxygen atoms in total. The maximum Gasteiger partial charge on any atom is 0.251 e. The Morgan fingerprint density at radius 1 is 1.00 bits per heavy atom. The average Bonchev–Trinajstić information content (AvgIpc) is 3.27. The second kappa shape index (κ2) is 9.40. The summed E-state index contributed by atoms with van der Waals surface area (Å²) in [6.45, 7) is 0.244. The number of thiazole rings is 1. The number of benzene rings is 3. The first-order chi connectivity index (χ1) is 15.1. The van der Waals surface area contributed by atoms with Gasteiger partial charge in [-0.15, -0.1) is 11.3 Å². The van der Waals surface area contributed by atoms with Crippen LogP contribution in [0.5, 0.6) is 5.75 Å². The molecule has 0 fully saturated rings. The number of fused-ring (bicyclic) bond motifs is 1. The number of nitrogens with one attached hydrogen (secondary N) is 2. The molecule has 31 heavy (non-hydrogen) atoms. The summed E-state index contributed by atoms with van der Waals surface area (Å²) in [5.74, 6) is 0.377. The molecule has 0 unspecified atom stereocenters. The lowest BCUT2D eigenvalue weighted by atomic mass is 10.1. The number of rotatable bonds is 7. The van der Waals surface area contributed by atoms with E-state index in [0.717, 1.165) is 27.8 Å². The van der Waals surface area contributed by atoms with Crippen LogP contribution in [0.25, 0.3) is 22.0 Å². The van der Waals surface area contributed by atoms with E-state index in [2.05, 4.69) is 15.6 Å². The highest BCUT2D eigenvalue weighted by atomic mass is 32.1. The Labute approximate surface area is 183 Å². The number of carbonyl (C=O) groups excluding carboxylic acids is 2. The van der Waals surface area contributed by atoms with Gasteiger partial charge in [-0.2, -0.15) is 0 Å². The zero-order valence-corrected chi connectivity index (χ0v) is 17.7. The maximum atomic E-state index is 12.4. The van der Waals surface area contributed by atoms with E-state index in [1.807, 2.05) is 66.0 Å². The van der Waals surface area contributed by atoms with Gasteiger partial charge in [-0.1, -0.05) is 30.3 Å². The van der Waals surface area contributed by atoms with E-state index in [1.54, 1.807) is 13.2 Å². The standard InChI is InChI=1S/C24H21N3O3S/c1-30-20-10-8-17(9-11-20)21-15-31-24(26-21)27-22(28)12-13-25-23(29)19-7-6-16-4-2-3-5-18(16)14-19/h2-11,14-15H,12-13H2,1H3,(H,25,29)(H,26,27,28). The first kappa shape index (κ1) is 20.6. The molecule has 156 valence electrons. The van der Waals surface area contributed by atoms with Gasteiger partial charge >= 0.3 is 0 Å². The number of aromatic nitrogens is 1. The zero-order chi connectivity index (χ0) is 21.6. The fraction of sp³-hybridized carbons (Fsp3) is 0.125. The van der Waals surface area contributed by atoms with Crippen molar-refractivity contribution in [3.8, 4) is 17.0 Å². The Bertz CT molecular complexity index is 1220. The second-order valence-electron chi connectivity index (χ2n) is 6.88. The highest BCUT2D eigenvalue weighted by Gasteiger charge is 2.10. The maximum absolute atomic E-state index is 12.4. The van der Waals surface area contributed by atoms with Gasteiger partial charge < -0.3 is 15.4 Å². The van der Waals surface area contributed by atoms with Gasteiger partial charge in [-0.3, -0.25) is 9.59 Å². The van der Waals surface area contributed by atoms with E-state index >= 15 is 0 Å². The number of methoxy groups -OCH3 is 1. The Morgan fingerprint density at radius 2 is 1.77 bits per heavy atom. The molecule has 0 aliphatic rings. The molecule has 3 aromatic carbocycles. The Kier molecular flexibility index (Phi) is 6.24. The third kappa shape index (κ3) is 5.07. The Balaban J connectivity index is 1.28. The summed E-state index contributed by atoms with van der Waals surface area (Å²) in [4.78, 5) is 29.0. The van der Waals surface area contributed by atoms with Crippen molar-refractivity contribution >= 4 is 39.1 Å². The predicted octanol–water partition coefficient (Wildman–Crippen LogP) is 4.73. The number of hydrogen-bond donors (Lipinski definition) is 2. The summed E-state index contributed by atoms with van der Waals surface area (Å²) in [6.07, 6.45) is 0.163. The molecule has 1 aromatic heterocycles. The van der Waals surface area contributed by atoms with Crippen molar-refractivity contribution in [1.29, 1.82) is 0 Å². The summed E-state index contributed by atoms with van der Waals surface area (Å²) in [6, 6.07) is 21.0. The van der Waals surface area contributed by atoms with E-state index in [1.165, 1.54) is 11.3 Å². The molecular formula is C24H21N3O3S. The van der Waals surface area contributed by atoms with E-state index in [9.17, 15) is 9.59 Å². The predicted molar refractivity (Wildman–Crippen MR) is 124 cm³/mol. The molecule has 0 bridgehead atoms. The molecule has 2 N–H and O–H groups in total. The summed E-state index contributed by atoms with van der Waals surface area (Å²) in [5.41, 5.74) is 2.30. The molecular weight excluding hydrogens is 410 g/mol. The van der Waals surface area contributed by atoms with Gasteiger partial charge in [0.1, 0.15) is 5.75 Å². The molecule has 0 aliphatic carbocycles. The first-order valence-electron chi connectivity index (χ1n) is 9.79. The molecule has 0 radical (unpaired) electrons. The van der Waals surface area contributed by atoms with Gasteiger partial charge in [-0.25, -0.2) is 4.98 Å². The van der Waals surface area contributed by atoms with Gasteiger partial charge in [0, 0.05) is 29.5 Å². The van der Waals surface area contributed by atoms with Crippen LogP contribution in [0.15, 0.2) is 72.1 Å². The van der Waals surface area contributed by atoms with E-state index < -0.39 is 0 Å². The van der Waals surface area contributed by atoms with Crippen LogP contribution in [-0.2, 0) is 4.79 Å². The van der Waals surface area contributed by atoms with Crippen LogP contribution in [0.4, 0.5) is 5.13 Å². The highest BCUT2D eigenvalue weighted by molar-refractivity contribution is 7.14. The first-order valence-corrected chi connectivity index (χ1v) is 10.7. The molecule has 0 saturated carbocycles. The molecule has 4 aromatic rings. The summed E-state index contributed by atoms with van der Waals surface area (Å²) in [5, 5.41) is 10.1. The second-order valence-corrected chi connectivity index (χ2v) is 7.74. The van der Waals surface area contributed by atoms with E-state index in [-0.39, 0.29) is 24.8 Å². The van der Waals surface area contributed by atoms with E-state index in [0.29, 0.717) is 10.7 Å². The molecule has 4 rings (SSSR count). The summed E-state index contributed by atoms with van der Waals surface area (Å²) >= 11 is 1.36. The summed E-state index contributed by atoms with van der Waals surface area (Å²) < 4.78 is 5.16. The average molecular weight is 432 g/mol. The van der Waals surface area contributed by atoms with Crippen molar-refractivity contribution in [2.75, 3.05) is 19.0 Å². The van der Waals surface area contributed by atoms with Crippen molar-refractivity contribution in [3.05, 3.63) is 77.7 Å². The van der Waals surface area contributed by atoms with Gasteiger partial charge in [-0.05, 0) is 47.2 Å². The lowest BCUT2D eigenvalue weighted by Gasteiger charge is -2.06. The van der Waals surface area contributed by atoms with Crippen molar-refractivity contribution < 1.29 is 14.3 Å². The minimum absolute atomic E-state index is 0.163. The van der Waals surface area contributed by atoms with Gasteiger partial charge in [0.25, 0.3) is 5.91 Å². The largest absolute Gasteiger partial charge is 0.497 e. The number of nitrogens with zero attached hydrogens (tertiary/aromatic N) is 1. The molecule has 0 aliphatic heterocycles. The molecule has 0 saturated heterocycles. The lowest BCUT2D eigenvalue weighted by molar-refractivity contribution is -0.116. The topological polar surface area (TPSA) is 80.3 Å². The fourth-order valence-electron chi connectivity index (χ4n) is 3.13. The Hall–Kier alpha value is -3.71. The zero-order valence-electron chi connectivity index (χ0n) is 16.9.